The van der Waals surface area contributed by atoms with Crippen molar-refractivity contribution >= 4 is 17.7 Å². The minimum atomic E-state index is -0.491. The molecule has 24 heavy (non-hydrogen) atoms. The van der Waals surface area contributed by atoms with E-state index in [-0.39, 0.29) is 17.9 Å². The second-order valence-corrected chi connectivity index (χ2v) is 7.24. The van der Waals surface area contributed by atoms with Gasteiger partial charge in [0.15, 0.2) is 0 Å². The normalized spacial score (nSPS) is 15.9. The molecule has 1 N–H and O–H groups in total. The average Bonchev–Trinajstić information content (AvgIpc) is 2.54. The van der Waals surface area contributed by atoms with E-state index in [9.17, 15) is 9.59 Å². The third-order valence-corrected chi connectivity index (χ3v) is 4.17. The molecule has 0 aliphatic carbocycles. The zero-order valence-corrected chi connectivity index (χ0v) is 15.1. The highest BCUT2D eigenvalue weighted by molar-refractivity contribution is 5.93. The summed E-state index contributed by atoms with van der Waals surface area (Å²) >= 11 is 0. The van der Waals surface area contributed by atoms with E-state index in [1.807, 2.05) is 45.0 Å². The van der Waals surface area contributed by atoms with E-state index < -0.39 is 5.60 Å². The quantitative estimate of drug-likeness (QED) is 0.915. The molecule has 0 radical (unpaired) electrons. The number of hydrogen-bond acceptors (Lipinski definition) is 3. The Morgan fingerprint density at radius 2 is 1.83 bits per heavy atom. The summed E-state index contributed by atoms with van der Waals surface area (Å²) in [4.78, 5) is 26.3. The topological polar surface area (TPSA) is 58.6 Å². The Kier molecular flexibility index (Phi) is 5.86. The molecule has 1 aliphatic heterocycles. The molecular formula is C19H28N2O3. The largest absolute Gasteiger partial charge is 0.444 e. The van der Waals surface area contributed by atoms with Crippen molar-refractivity contribution in [3.8, 4) is 0 Å². The van der Waals surface area contributed by atoms with E-state index >= 15 is 0 Å². The van der Waals surface area contributed by atoms with Gasteiger partial charge < -0.3 is 15.0 Å². The Morgan fingerprint density at radius 3 is 2.42 bits per heavy atom. The number of anilines is 1. The molecule has 2 rings (SSSR count). The van der Waals surface area contributed by atoms with Crippen molar-refractivity contribution in [1.29, 1.82) is 0 Å². The molecule has 2 amide bonds. The first-order valence-corrected chi connectivity index (χ1v) is 8.67. The van der Waals surface area contributed by atoms with Gasteiger partial charge in [0, 0.05) is 24.7 Å². The zero-order chi connectivity index (χ0) is 17.7. The number of piperidine rings is 1. The van der Waals surface area contributed by atoms with E-state index in [0.29, 0.717) is 25.9 Å². The predicted molar refractivity (Wildman–Crippen MR) is 95.0 cm³/mol. The number of ether oxygens (including phenoxy) is 1. The highest BCUT2D eigenvalue weighted by atomic mass is 16.6. The molecule has 1 aromatic rings. The van der Waals surface area contributed by atoms with Crippen LogP contribution in [0.3, 0.4) is 0 Å². The van der Waals surface area contributed by atoms with Crippen molar-refractivity contribution in [2.45, 2.75) is 52.6 Å². The van der Waals surface area contributed by atoms with Gasteiger partial charge in [0.05, 0.1) is 0 Å². The van der Waals surface area contributed by atoms with E-state index in [2.05, 4.69) is 12.2 Å². The van der Waals surface area contributed by atoms with Crippen LogP contribution in [0.4, 0.5) is 10.5 Å². The van der Waals surface area contributed by atoms with Crippen LogP contribution in [0.15, 0.2) is 24.3 Å². The predicted octanol–water partition coefficient (Wildman–Crippen LogP) is 3.83. The summed E-state index contributed by atoms with van der Waals surface area (Å²) in [5.41, 5.74) is 1.53. The Balaban J connectivity index is 1.88. The molecule has 1 aliphatic rings. The van der Waals surface area contributed by atoms with Crippen LogP contribution in [0.1, 0.15) is 46.1 Å². The maximum Gasteiger partial charge on any atom is 0.410 e. The van der Waals surface area contributed by atoms with Gasteiger partial charge in [0.25, 0.3) is 0 Å². The highest BCUT2D eigenvalue weighted by Gasteiger charge is 2.30. The van der Waals surface area contributed by atoms with Crippen LogP contribution in [0.25, 0.3) is 0 Å². The van der Waals surface area contributed by atoms with Gasteiger partial charge in [-0.2, -0.15) is 0 Å². The van der Waals surface area contributed by atoms with Crippen LogP contribution in [0, 0.1) is 5.92 Å². The fourth-order valence-corrected chi connectivity index (χ4v) is 2.84. The van der Waals surface area contributed by atoms with Crippen molar-refractivity contribution in [3.05, 3.63) is 29.8 Å². The van der Waals surface area contributed by atoms with Gasteiger partial charge in [0.1, 0.15) is 5.60 Å². The number of hydrogen-bond donors (Lipinski definition) is 1. The van der Waals surface area contributed by atoms with Crippen molar-refractivity contribution in [2.24, 2.45) is 5.92 Å². The first-order valence-electron chi connectivity index (χ1n) is 8.67. The van der Waals surface area contributed by atoms with Crippen molar-refractivity contribution in [3.63, 3.8) is 0 Å². The SMILES string of the molecule is CCc1ccccc1NC(=O)C1CCN(C(=O)OC(C)(C)C)CC1. The van der Waals surface area contributed by atoms with Gasteiger partial charge in [-0.15, -0.1) is 0 Å². The van der Waals surface area contributed by atoms with Gasteiger partial charge in [-0.3, -0.25) is 4.79 Å². The lowest BCUT2D eigenvalue weighted by atomic mass is 9.96. The van der Waals surface area contributed by atoms with E-state index in [1.54, 1.807) is 4.90 Å². The molecule has 0 atom stereocenters. The molecule has 5 heteroatoms. The summed E-state index contributed by atoms with van der Waals surface area (Å²) in [5, 5.41) is 3.04. The Bertz CT molecular complexity index is 585. The van der Waals surface area contributed by atoms with E-state index in [1.165, 1.54) is 0 Å². The molecule has 1 heterocycles. The third-order valence-electron chi connectivity index (χ3n) is 4.17. The van der Waals surface area contributed by atoms with Crippen molar-refractivity contribution in [2.75, 3.05) is 18.4 Å². The van der Waals surface area contributed by atoms with Crippen LogP contribution in [0.5, 0.6) is 0 Å². The Morgan fingerprint density at radius 1 is 1.21 bits per heavy atom. The number of para-hydroxylation sites is 1. The second-order valence-electron chi connectivity index (χ2n) is 7.24. The van der Waals surface area contributed by atoms with Gasteiger partial charge in [0.2, 0.25) is 5.91 Å². The van der Waals surface area contributed by atoms with Crippen LogP contribution in [-0.2, 0) is 16.0 Å². The van der Waals surface area contributed by atoms with Crippen molar-refractivity contribution in [1.82, 2.24) is 4.90 Å². The van der Waals surface area contributed by atoms with Crippen LogP contribution in [0.2, 0.25) is 0 Å². The number of nitrogens with zero attached hydrogens (tertiary/aromatic N) is 1. The van der Waals surface area contributed by atoms with Gasteiger partial charge in [-0.1, -0.05) is 25.1 Å². The smallest absolute Gasteiger partial charge is 0.410 e. The molecule has 1 aromatic carbocycles. The maximum absolute atomic E-state index is 12.5. The minimum Gasteiger partial charge on any atom is -0.444 e. The molecule has 0 unspecified atom stereocenters. The van der Waals surface area contributed by atoms with Gasteiger partial charge >= 0.3 is 6.09 Å². The molecule has 5 nitrogen and oxygen atoms in total. The fourth-order valence-electron chi connectivity index (χ4n) is 2.84. The van der Waals surface area contributed by atoms with Crippen molar-refractivity contribution < 1.29 is 14.3 Å². The monoisotopic (exact) mass is 332 g/mol. The van der Waals surface area contributed by atoms with E-state index in [4.69, 9.17) is 4.74 Å². The Hall–Kier alpha value is -2.04. The zero-order valence-electron chi connectivity index (χ0n) is 15.1. The minimum absolute atomic E-state index is 0.0414. The van der Waals surface area contributed by atoms with E-state index in [0.717, 1.165) is 17.7 Å². The first kappa shape index (κ1) is 18.3. The number of rotatable bonds is 3. The summed E-state index contributed by atoms with van der Waals surface area (Å²) in [7, 11) is 0. The molecule has 0 spiro atoms. The average molecular weight is 332 g/mol. The number of likely N-dealkylation sites (tertiary alicyclic amines) is 1. The summed E-state index contributed by atoms with van der Waals surface area (Å²) < 4.78 is 5.39. The molecule has 0 saturated carbocycles. The third kappa shape index (κ3) is 4.98. The standard InChI is InChI=1S/C19H28N2O3/c1-5-14-8-6-7-9-16(14)20-17(22)15-10-12-21(13-11-15)18(23)24-19(2,3)4/h6-9,15H,5,10-13H2,1-4H3,(H,20,22). The summed E-state index contributed by atoms with van der Waals surface area (Å²) in [6.07, 6.45) is 1.92. The van der Waals surface area contributed by atoms with Gasteiger partial charge in [-0.25, -0.2) is 4.79 Å². The number of benzene rings is 1. The lowest BCUT2D eigenvalue weighted by Gasteiger charge is -2.33. The number of carbonyl (C=O) groups excluding carboxylic acids is 2. The summed E-state index contributed by atoms with van der Waals surface area (Å²) in [6.45, 7) is 8.76. The molecular weight excluding hydrogens is 304 g/mol. The molecule has 132 valence electrons. The molecule has 1 fully saturated rings. The number of carbonyl (C=O) groups is 2. The lowest BCUT2D eigenvalue weighted by molar-refractivity contribution is -0.121. The fraction of sp³-hybridized carbons (Fsp3) is 0.579. The molecule has 0 aromatic heterocycles. The number of amides is 2. The second kappa shape index (κ2) is 7.69. The first-order chi connectivity index (χ1) is 11.3. The van der Waals surface area contributed by atoms with Crippen LogP contribution >= 0.6 is 0 Å². The maximum atomic E-state index is 12.5. The highest BCUT2D eigenvalue weighted by Crippen LogP contribution is 2.23. The lowest BCUT2D eigenvalue weighted by Crippen LogP contribution is -2.43. The van der Waals surface area contributed by atoms with Crippen LogP contribution in [-0.4, -0.2) is 35.6 Å². The molecule has 1 saturated heterocycles. The molecule has 0 bridgehead atoms. The number of aryl methyl sites for hydroxylation is 1. The van der Waals surface area contributed by atoms with Gasteiger partial charge in [-0.05, 0) is 51.7 Å². The number of nitrogens with one attached hydrogen (secondary N) is 1. The summed E-state index contributed by atoms with van der Waals surface area (Å²) in [6, 6.07) is 7.88. The van der Waals surface area contributed by atoms with Crippen LogP contribution < -0.4 is 5.32 Å². The Labute approximate surface area is 144 Å². The summed E-state index contributed by atoms with van der Waals surface area (Å²) in [5.74, 6) is -0.0201.